The van der Waals surface area contributed by atoms with Crippen molar-refractivity contribution in [1.82, 2.24) is 15.5 Å². The molecule has 2 fully saturated rings. The van der Waals surface area contributed by atoms with Crippen LogP contribution in [0.5, 0.6) is 0 Å². The van der Waals surface area contributed by atoms with Gasteiger partial charge in [0.05, 0.1) is 6.61 Å². The van der Waals surface area contributed by atoms with E-state index in [1.807, 2.05) is 0 Å². The van der Waals surface area contributed by atoms with E-state index < -0.39 is 0 Å². The predicted octanol–water partition coefficient (Wildman–Crippen LogP) is -0.342. The van der Waals surface area contributed by atoms with Gasteiger partial charge in [0.2, 0.25) is 17.7 Å². The Bertz CT molecular complexity index is 411. The second-order valence-electron chi connectivity index (χ2n) is 6.15. The van der Waals surface area contributed by atoms with Crippen molar-refractivity contribution >= 4 is 17.7 Å². The largest absolute Gasteiger partial charge is 0.384 e. The van der Waals surface area contributed by atoms with Crippen LogP contribution in [-0.2, 0) is 19.1 Å². The van der Waals surface area contributed by atoms with E-state index in [2.05, 4.69) is 10.6 Å². The number of likely N-dealkylation sites (tertiary alicyclic amines) is 1. The first-order valence-electron chi connectivity index (χ1n) is 7.86. The second kappa shape index (κ2) is 7.69. The maximum atomic E-state index is 12.0. The molecular formula is C15H25N3O4. The summed E-state index contributed by atoms with van der Waals surface area (Å²) in [6.45, 7) is 3.23. The minimum atomic E-state index is -0.174. The third-order valence-corrected chi connectivity index (χ3v) is 4.49. The molecule has 124 valence electrons. The maximum absolute atomic E-state index is 12.0. The molecule has 7 nitrogen and oxygen atoms in total. The molecule has 2 saturated heterocycles. The van der Waals surface area contributed by atoms with Crippen molar-refractivity contribution < 1.29 is 19.1 Å². The van der Waals surface area contributed by atoms with Gasteiger partial charge in [0, 0.05) is 44.9 Å². The first kappa shape index (κ1) is 16.9. The Hall–Kier alpha value is -1.47. The van der Waals surface area contributed by atoms with Gasteiger partial charge in [0.15, 0.2) is 0 Å². The summed E-state index contributed by atoms with van der Waals surface area (Å²) in [6, 6.07) is 0. The van der Waals surface area contributed by atoms with Gasteiger partial charge in [-0.2, -0.15) is 0 Å². The molecule has 2 aliphatic rings. The molecule has 0 aliphatic carbocycles. The first-order chi connectivity index (χ1) is 10.6. The second-order valence-corrected chi connectivity index (χ2v) is 6.15. The third-order valence-electron chi connectivity index (χ3n) is 4.49. The zero-order valence-electron chi connectivity index (χ0n) is 13.2. The molecule has 0 aromatic rings. The van der Waals surface area contributed by atoms with E-state index in [9.17, 15) is 14.4 Å². The molecule has 0 radical (unpaired) electrons. The lowest BCUT2D eigenvalue weighted by molar-refractivity contribution is -0.138. The number of hydrogen-bond acceptors (Lipinski definition) is 5. The van der Waals surface area contributed by atoms with Gasteiger partial charge in [0.25, 0.3) is 0 Å². The molecule has 22 heavy (non-hydrogen) atoms. The third kappa shape index (κ3) is 4.27. The SMILES string of the molecule is COCC1(CNC(=O)CCN2C(=O)CCC2=O)CCNCC1. The molecule has 3 amide bonds. The van der Waals surface area contributed by atoms with Gasteiger partial charge in [-0.1, -0.05) is 0 Å². The van der Waals surface area contributed by atoms with E-state index in [0.29, 0.717) is 13.2 Å². The number of imide groups is 1. The van der Waals surface area contributed by atoms with Crippen LogP contribution in [0.1, 0.15) is 32.1 Å². The summed E-state index contributed by atoms with van der Waals surface area (Å²) in [4.78, 5) is 36.2. The Kier molecular flexibility index (Phi) is 5.90. The topological polar surface area (TPSA) is 87.7 Å². The Labute approximate surface area is 130 Å². The number of piperidine rings is 1. The summed E-state index contributed by atoms with van der Waals surface area (Å²) in [5.41, 5.74) is -0.0189. The molecule has 0 atom stereocenters. The van der Waals surface area contributed by atoms with E-state index in [1.54, 1.807) is 7.11 Å². The molecule has 2 heterocycles. The highest BCUT2D eigenvalue weighted by Gasteiger charge is 2.33. The Balaban J connectivity index is 1.76. The monoisotopic (exact) mass is 311 g/mol. The van der Waals surface area contributed by atoms with Crippen LogP contribution >= 0.6 is 0 Å². The number of rotatable bonds is 7. The van der Waals surface area contributed by atoms with Gasteiger partial charge in [-0.05, 0) is 25.9 Å². The molecule has 0 spiro atoms. The molecule has 0 saturated carbocycles. The number of amides is 3. The normalized spacial score (nSPS) is 21.2. The van der Waals surface area contributed by atoms with Gasteiger partial charge < -0.3 is 15.4 Å². The number of ether oxygens (including phenoxy) is 1. The van der Waals surface area contributed by atoms with Crippen molar-refractivity contribution in [3.8, 4) is 0 Å². The van der Waals surface area contributed by atoms with E-state index in [-0.39, 0.29) is 48.9 Å². The Morgan fingerprint density at radius 1 is 1.27 bits per heavy atom. The van der Waals surface area contributed by atoms with E-state index in [0.717, 1.165) is 25.9 Å². The minimum absolute atomic E-state index is 0.0189. The zero-order chi connectivity index (χ0) is 16.0. The highest BCUT2D eigenvalue weighted by Crippen LogP contribution is 2.28. The van der Waals surface area contributed by atoms with E-state index in [1.165, 1.54) is 4.90 Å². The predicted molar refractivity (Wildman–Crippen MR) is 80.0 cm³/mol. The van der Waals surface area contributed by atoms with Crippen LogP contribution in [0.3, 0.4) is 0 Å². The van der Waals surface area contributed by atoms with Gasteiger partial charge in [0.1, 0.15) is 0 Å². The number of carbonyl (C=O) groups is 3. The van der Waals surface area contributed by atoms with Gasteiger partial charge in [-0.25, -0.2) is 0 Å². The Morgan fingerprint density at radius 3 is 2.50 bits per heavy atom. The van der Waals surface area contributed by atoms with Crippen LogP contribution in [-0.4, -0.2) is 62.5 Å². The lowest BCUT2D eigenvalue weighted by Crippen LogP contribution is -2.47. The molecule has 0 unspecified atom stereocenters. The van der Waals surface area contributed by atoms with Crippen LogP contribution in [0.15, 0.2) is 0 Å². The van der Waals surface area contributed by atoms with Crippen molar-refractivity contribution in [3.63, 3.8) is 0 Å². The summed E-state index contributed by atoms with van der Waals surface area (Å²) in [6.07, 6.45) is 2.63. The van der Waals surface area contributed by atoms with Gasteiger partial charge in [-0.3, -0.25) is 19.3 Å². The van der Waals surface area contributed by atoms with Gasteiger partial charge in [-0.15, -0.1) is 0 Å². The van der Waals surface area contributed by atoms with Crippen LogP contribution in [0.4, 0.5) is 0 Å². The van der Waals surface area contributed by atoms with Crippen molar-refractivity contribution in [3.05, 3.63) is 0 Å². The molecule has 2 rings (SSSR count). The van der Waals surface area contributed by atoms with Crippen LogP contribution < -0.4 is 10.6 Å². The average molecular weight is 311 g/mol. The fourth-order valence-corrected chi connectivity index (χ4v) is 3.10. The first-order valence-corrected chi connectivity index (χ1v) is 7.86. The summed E-state index contributed by atoms with van der Waals surface area (Å²) in [7, 11) is 1.68. The van der Waals surface area contributed by atoms with Crippen molar-refractivity contribution in [1.29, 1.82) is 0 Å². The number of nitrogens with zero attached hydrogens (tertiary/aromatic N) is 1. The summed E-state index contributed by atoms with van der Waals surface area (Å²) >= 11 is 0. The highest BCUT2D eigenvalue weighted by atomic mass is 16.5. The summed E-state index contributed by atoms with van der Waals surface area (Å²) in [5, 5.41) is 6.24. The molecule has 0 aromatic heterocycles. The number of nitrogens with one attached hydrogen (secondary N) is 2. The van der Waals surface area contributed by atoms with Crippen molar-refractivity contribution in [2.75, 3.05) is 39.9 Å². The van der Waals surface area contributed by atoms with Crippen LogP contribution in [0.2, 0.25) is 0 Å². The van der Waals surface area contributed by atoms with E-state index >= 15 is 0 Å². The molecule has 2 aliphatic heterocycles. The standard InChI is InChI=1S/C15H25N3O4/c1-22-11-15(5-7-16-8-6-15)10-17-12(19)4-9-18-13(20)2-3-14(18)21/h16H,2-11H2,1H3,(H,17,19). The number of methoxy groups -OCH3 is 1. The highest BCUT2D eigenvalue weighted by molar-refractivity contribution is 6.02. The van der Waals surface area contributed by atoms with Gasteiger partial charge >= 0.3 is 0 Å². The molecule has 7 heteroatoms. The summed E-state index contributed by atoms with van der Waals surface area (Å²) < 4.78 is 5.31. The smallest absolute Gasteiger partial charge is 0.229 e. The lowest BCUT2D eigenvalue weighted by atomic mass is 9.79. The summed E-state index contributed by atoms with van der Waals surface area (Å²) in [5.74, 6) is -0.472. The van der Waals surface area contributed by atoms with Crippen molar-refractivity contribution in [2.24, 2.45) is 5.41 Å². The van der Waals surface area contributed by atoms with Crippen molar-refractivity contribution in [2.45, 2.75) is 32.1 Å². The van der Waals surface area contributed by atoms with Crippen LogP contribution in [0, 0.1) is 5.41 Å². The van der Waals surface area contributed by atoms with Crippen LogP contribution in [0.25, 0.3) is 0 Å². The zero-order valence-corrected chi connectivity index (χ0v) is 13.2. The fraction of sp³-hybridized carbons (Fsp3) is 0.800. The number of hydrogen-bond donors (Lipinski definition) is 2. The quantitative estimate of drug-likeness (QED) is 0.628. The number of carbonyl (C=O) groups excluding carboxylic acids is 3. The molecule has 0 aromatic carbocycles. The molecular weight excluding hydrogens is 286 g/mol. The van der Waals surface area contributed by atoms with E-state index in [4.69, 9.17) is 4.74 Å². The lowest BCUT2D eigenvalue weighted by Gasteiger charge is -2.37. The molecule has 2 N–H and O–H groups in total. The fourth-order valence-electron chi connectivity index (χ4n) is 3.10. The molecule has 0 bridgehead atoms. The Morgan fingerprint density at radius 2 is 1.91 bits per heavy atom. The average Bonchev–Trinajstić information content (AvgIpc) is 2.83. The maximum Gasteiger partial charge on any atom is 0.229 e. The minimum Gasteiger partial charge on any atom is -0.384 e.